The molecule has 0 unspecified atom stereocenters. The monoisotopic (exact) mass is 222 g/mol. The summed E-state index contributed by atoms with van der Waals surface area (Å²) in [6.45, 7) is -0.187. The van der Waals surface area contributed by atoms with Gasteiger partial charge in [0, 0.05) is 5.56 Å². The van der Waals surface area contributed by atoms with E-state index in [1.165, 1.54) is 13.0 Å². The van der Waals surface area contributed by atoms with Crippen molar-refractivity contribution in [3.05, 3.63) is 17.3 Å². The third-order valence-electron chi connectivity index (χ3n) is 1.52. The number of nitrogens with zero attached hydrogens (tertiary/aromatic N) is 2. The van der Waals surface area contributed by atoms with E-state index in [1.807, 2.05) is 0 Å². The lowest BCUT2D eigenvalue weighted by Crippen LogP contribution is -2.20. The molecule has 0 radical (unpaired) electrons. The zero-order valence-corrected chi connectivity index (χ0v) is 7.88. The van der Waals surface area contributed by atoms with Crippen LogP contribution in [0.5, 0.6) is 5.88 Å². The molecule has 0 saturated carbocycles. The lowest BCUT2D eigenvalue weighted by Gasteiger charge is -2.09. The minimum absolute atomic E-state index is 0.176. The lowest BCUT2D eigenvalue weighted by molar-refractivity contribution is -0.154. The van der Waals surface area contributed by atoms with E-state index in [2.05, 4.69) is 14.9 Å². The van der Waals surface area contributed by atoms with Crippen LogP contribution in [0.25, 0.3) is 0 Å². The molecule has 1 aromatic rings. The van der Waals surface area contributed by atoms with E-state index >= 15 is 0 Å². The molecule has 1 heterocycles. The summed E-state index contributed by atoms with van der Waals surface area (Å²) in [5.74, 6) is -0.176. The molecule has 0 saturated heterocycles. The SMILES string of the molecule is Cc1cc(CO)nnc1OCC(F)(F)F. The number of alkyl halides is 3. The van der Waals surface area contributed by atoms with E-state index < -0.39 is 12.8 Å². The summed E-state index contributed by atoms with van der Waals surface area (Å²) in [5.41, 5.74) is 0.685. The number of aliphatic hydroxyl groups is 1. The fourth-order valence-corrected chi connectivity index (χ4v) is 0.899. The van der Waals surface area contributed by atoms with Crippen molar-refractivity contribution in [3.63, 3.8) is 0 Å². The quantitative estimate of drug-likeness (QED) is 0.835. The maximum atomic E-state index is 11.8. The number of aliphatic hydroxyl groups excluding tert-OH is 1. The van der Waals surface area contributed by atoms with Gasteiger partial charge in [0.2, 0.25) is 5.88 Å². The molecule has 0 aliphatic heterocycles. The van der Waals surface area contributed by atoms with Gasteiger partial charge in [0.1, 0.15) is 0 Å². The van der Waals surface area contributed by atoms with Crippen molar-refractivity contribution in [1.29, 1.82) is 0 Å². The Hall–Kier alpha value is -1.37. The van der Waals surface area contributed by atoms with Crippen molar-refractivity contribution in [3.8, 4) is 5.88 Å². The second-order valence-electron chi connectivity index (χ2n) is 2.89. The van der Waals surface area contributed by atoms with Gasteiger partial charge in [0.05, 0.1) is 12.3 Å². The molecular weight excluding hydrogens is 213 g/mol. The number of aromatic nitrogens is 2. The Morgan fingerprint density at radius 1 is 1.40 bits per heavy atom. The van der Waals surface area contributed by atoms with Gasteiger partial charge in [-0.2, -0.15) is 13.2 Å². The highest BCUT2D eigenvalue weighted by atomic mass is 19.4. The van der Waals surface area contributed by atoms with Crippen molar-refractivity contribution in [2.45, 2.75) is 19.7 Å². The van der Waals surface area contributed by atoms with Crippen LogP contribution in [0.3, 0.4) is 0 Å². The van der Waals surface area contributed by atoms with Crippen LogP contribution in [0, 0.1) is 6.92 Å². The van der Waals surface area contributed by atoms with Gasteiger partial charge in [-0.1, -0.05) is 0 Å². The van der Waals surface area contributed by atoms with Gasteiger partial charge in [0.15, 0.2) is 6.61 Å². The summed E-state index contributed by atoms with van der Waals surface area (Å²) < 4.78 is 39.8. The Morgan fingerprint density at radius 2 is 2.07 bits per heavy atom. The fraction of sp³-hybridized carbons (Fsp3) is 0.500. The molecule has 0 amide bonds. The third kappa shape index (κ3) is 3.70. The molecule has 1 N–H and O–H groups in total. The predicted molar refractivity (Wildman–Crippen MR) is 44.2 cm³/mol. The Morgan fingerprint density at radius 3 is 2.53 bits per heavy atom. The highest BCUT2D eigenvalue weighted by Crippen LogP contribution is 2.19. The van der Waals surface area contributed by atoms with E-state index in [-0.39, 0.29) is 18.2 Å². The van der Waals surface area contributed by atoms with Crippen LogP contribution in [-0.4, -0.2) is 28.1 Å². The van der Waals surface area contributed by atoms with E-state index in [4.69, 9.17) is 5.11 Å². The molecule has 4 nitrogen and oxygen atoms in total. The largest absolute Gasteiger partial charge is 0.467 e. The minimum Gasteiger partial charge on any atom is -0.467 e. The standard InChI is InChI=1S/C8H9F3N2O2/c1-5-2-6(3-14)12-13-7(5)15-4-8(9,10)11/h2,14H,3-4H2,1H3. The molecular formula is C8H9F3N2O2. The number of hydrogen-bond donors (Lipinski definition) is 1. The fourth-order valence-electron chi connectivity index (χ4n) is 0.899. The molecule has 0 bridgehead atoms. The molecule has 0 aromatic carbocycles. The van der Waals surface area contributed by atoms with Gasteiger partial charge in [-0.3, -0.25) is 0 Å². The first-order chi connectivity index (χ1) is 6.92. The van der Waals surface area contributed by atoms with Gasteiger partial charge in [0.25, 0.3) is 0 Å². The summed E-state index contributed by atoms with van der Waals surface area (Å²) >= 11 is 0. The maximum Gasteiger partial charge on any atom is 0.422 e. The van der Waals surface area contributed by atoms with Crippen LogP contribution in [0.1, 0.15) is 11.3 Å². The van der Waals surface area contributed by atoms with Crippen molar-refractivity contribution in [1.82, 2.24) is 10.2 Å². The van der Waals surface area contributed by atoms with Crippen molar-refractivity contribution in [2.75, 3.05) is 6.61 Å². The average molecular weight is 222 g/mol. The molecule has 0 spiro atoms. The number of ether oxygens (including phenoxy) is 1. The summed E-state index contributed by atoms with van der Waals surface area (Å²) in [4.78, 5) is 0. The minimum atomic E-state index is -4.40. The summed E-state index contributed by atoms with van der Waals surface area (Å²) in [5, 5.41) is 15.6. The molecule has 1 aromatic heterocycles. The summed E-state index contributed by atoms with van der Waals surface area (Å²) in [6.07, 6.45) is -4.40. The van der Waals surface area contributed by atoms with Crippen LogP contribution in [0.15, 0.2) is 6.07 Å². The predicted octanol–water partition coefficient (Wildman–Crippen LogP) is 1.22. The second-order valence-corrected chi connectivity index (χ2v) is 2.89. The number of rotatable bonds is 3. The first-order valence-corrected chi connectivity index (χ1v) is 4.06. The van der Waals surface area contributed by atoms with Crippen LogP contribution in [-0.2, 0) is 6.61 Å². The molecule has 0 aliphatic carbocycles. The second kappa shape index (κ2) is 4.43. The highest BCUT2D eigenvalue weighted by molar-refractivity contribution is 5.24. The Kier molecular flexibility index (Phi) is 3.46. The van der Waals surface area contributed by atoms with E-state index in [0.717, 1.165) is 0 Å². The van der Waals surface area contributed by atoms with Crippen molar-refractivity contribution < 1.29 is 23.0 Å². The van der Waals surface area contributed by atoms with Gasteiger partial charge < -0.3 is 9.84 Å². The van der Waals surface area contributed by atoms with Crippen molar-refractivity contribution in [2.24, 2.45) is 0 Å². The van der Waals surface area contributed by atoms with E-state index in [9.17, 15) is 13.2 Å². The number of halogens is 3. The molecule has 0 aliphatic rings. The van der Waals surface area contributed by atoms with Gasteiger partial charge in [-0.25, -0.2) is 0 Å². The zero-order valence-electron chi connectivity index (χ0n) is 7.88. The molecule has 7 heteroatoms. The molecule has 84 valence electrons. The first-order valence-electron chi connectivity index (χ1n) is 4.06. The van der Waals surface area contributed by atoms with Gasteiger partial charge in [-0.05, 0) is 13.0 Å². The lowest BCUT2D eigenvalue weighted by atomic mass is 10.3. The molecule has 1 rings (SSSR count). The summed E-state index contributed by atoms with van der Waals surface area (Å²) in [7, 11) is 0. The van der Waals surface area contributed by atoms with Crippen molar-refractivity contribution >= 4 is 0 Å². The molecule has 15 heavy (non-hydrogen) atoms. The zero-order chi connectivity index (χ0) is 11.5. The molecule has 0 atom stereocenters. The number of hydrogen-bond acceptors (Lipinski definition) is 4. The third-order valence-corrected chi connectivity index (χ3v) is 1.52. The molecule has 0 fully saturated rings. The maximum absolute atomic E-state index is 11.8. The smallest absolute Gasteiger partial charge is 0.422 e. The van der Waals surface area contributed by atoms with E-state index in [1.54, 1.807) is 0 Å². The van der Waals surface area contributed by atoms with E-state index in [0.29, 0.717) is 5.56 Å². The Balaban J connectivity index is 2.70. The Labute approximate surface area is 83.7 Å². The average Bonchev–Trinajstić information content (AvgIpc) is 2.14. The van der Waals surface area contributed by atoms with Gasteiger partial charge >= 0.3 is 6.18 Å². The summed E-state index contributed by atoms with van der Waals surface area (Å²) in [6, 6.07) is 1.42. The highest BCUT2D eigenvalue weighted by Gasteiger charge is 2.29. The van der Waals surface area contributed by atoms with Crippen LogP contribution >= 0.6 is 0 Å². The van der Waals surface area contributed by atoms with Crippen LogP contribution in [0.4, 0.5) is 13.2 Å². The van der Waals surface area contributed by atoms with Gasteiger partial charge in [-0.15, -0.1) is 10.2 Å². The van der Waals surface area contributed by atoms with Crippen LogP contribution < -0.4 is 4.74 Å². The van der Waals surface area contributed by atoms with Crippen LogP contribution in [0.2, 0.25) is 0 Å². The first kappa shape index (κ1) is 11.7. The number of aryl methyl sites for hydroxylation is 1. The Bertz CT molecular complexity index is 341. The normalized spacial score (nSPS) is 11.5. The topological polar surface area (TPSA) is 55.2 Å².